The molecule has 0 aromatic heterocycles. The second kappa shape index (κ2) is 7.02. The van der Waals surface area contributed by atoms with Gasteiger partial charge in [0.05, 0.1) is 0 Å². The van der Waals surface area contributed by atoms with Crippen LogP contribution in [0.2, 0.25) is 0 Å². The molecule has 0 aliphatic heterocycles. The minimum Gasteiger partial charge on any atom is -0.326 e. The number of amides is 1. The summed E-state index contributed by atoms with van der Waals surface area (Å²) in [7, 11) is -0.864. The normalized spacial score (nSPS) is 17.1. The van der Waals surface area contributed by atoms with E-state index < -0.39 is 10.8 Å². The highest BCUT2D eigenvalue weighted by Gasteiger charge is 2.19. The lowest BCUT2D eigenvalue weighted by Gasteiger charge is -2.13. The van der Waals surface area contributed by atoms with Crippen LogP contribution < -0.4 is 5.32 Å². The molecule has 1 atom stereocenters. The predicted molar refractivity (Wildman–Crippen MR) is 84.2 cm³/mol. The molecule has 110 valence electrons. The first-order chi connectivity index (χ1) is 9.56. The van der Waals surface area contributed by atoms with E-state index >= 15 is 0 Å². The van der Waals surface area contributed by atoms with Crippen LogP contribution in [0.1, 0.15) is 43.2 Å². The number of hydrogen-bond donors (Lipinski definition) is 1. The Kier molecular flexibility index (Phi) is 5.35. The Labute approximate surface area is 123 Å². The maximum atomic E-state index is 12.1. The third-order valence-corrected chi connectivity index (χ3v) is 4.75. The molecular formula is C16H23NO2S. The van der Waals surface area contributed by atoms with Gasteiger partial charge in [-0.25, -0.2) is 0 Å². The Hall–Kier alpha value is -1.16. The third kappa shape index (κ3) is 4.17. The standard InChI is InChI=1S/C16H23NO2S/c1-12-14(11-20(2)19)8-5-9-15(12)17-16(18)10-13-6-3-4-7-13/h5,8-9,13H,3-4,6-7,10-11H2,1-2H3,(H,17,18)/t20-/m0/s1. The summed E-state index contributed by atoms with van der Waals surface area (Å²) in [4.78, 5) is 12.1. The van der Waals surface area contributed by atoms with Crippen LogP contribution in [0, 0.1) is 12.8 Å². The molecule has 1 fully saturated rings. The summed E-state index contributed by atoms with van der Waals surface area (Å²) >= 11 is 0. The van der Waals surface area contributed by atoms with Gasteiger partial charge in [-0.2, -0.15) is 0 Å². The molecule has 1 aromatic rings. The molecule has 4 heteroatoms. The predicted octanol–water partition coefficient (Wildman–Crippen LogP) is 3.39. The van der Waals surface area contributed by atoms with Crippen molar-refractivity contribution in [3.05, 3.63) is 29.3 Å². The summed E-state index contributed by atoms with van der Waals surface area (Å²) in [5.41, 5.74) is 2.93. The molecular weight excluding hydrogens is 270 g/mol. The molecule has 1 aliphatic carbocycles. The Morgan fingerprint density at radius 3 is 2.70 bits per heavy atom. The molecule has 0 spiro atoms. The van der Waals surface area contributed by atoms with Gasteiger partial charge in [0.15, 0.2) is 0 Å². The summed E-state index contributed by atoms with van der Waals surface area (Å²) in [6.07, 6.45) is 7.21. The summed E-state index contributed by atoms with van der Waals surface area (Å²) < 4.78 is 11.4. The van der Waals surface area contributed by atoms with Crippen molar-refractivity contribution in [1.29, 1.82) is 0 Å². The lowest BCUT2D eigenvalue weighted by molar-refractivity contribution is -0.117. The Balaban J connectivity index is 2.01. The lowest BCUT2D eigenvalue weighted by atomic mass is 10.0. The highest BCUT2D eigenvalue weighted by atomic mass is 32.2. The van der Waals surface area contributed by atoms with Gasteiger partial charge in [-0.15, -0.1) is 0 Å². The minimum absolute atomic E-state index is 0.106. The van der Waals surface area contributed by atoms with Gasteiger partial charge >= 0.3 is 0 Å². The number of nitrogens with one attached hydrogen (secondary N) is 1. The molecule has 2 rings (SSSR count). The van der Waals surface area contributed by atoms with E-state index in [0.29, 0.717) is 18.1 Å². The van der Waals surface area contributed by atoms with Crippen LogP contribution in [0.25, 0.3) is 0 Å². The van der Waals surface area contributed by atoms with Crippen LogP contribution in [0.4, 0.5) is 5.69 Å². The molecule has 0 unspecified atom stereocenters. The Bertz CT molecular complexity index is 507. The number of carbonyl (C=O) groups is 1. The highest BCUT2D eigenvalue weighted by Crippen LogP contribution is 2.28. The van der Waals surface area contributed by atoms with Crippen molar-refractivity contribution in [2.75, 3.05) is 11.6 Å². The third-order valence-electron chi connectivity index (χ3n) is 4.03. The smallest absolute Gasteiger partial charge is 0.224 e. The molecule has 1 aromatic carbocycles. The molecule has 0 radical (unpaired) electrons. The van der Waals surface area contributed by atoms with E-state index in [1.54, 1.807) is 6.26 Å². The van der Waals surface area contributed by atoms with Crippen LogP contribution in [0.3, 0.4) is 0 Å². The molecule has 1 aliphatic rings. The maximum Gasteiger partial charge on any atom is 0.224 e. The molecule has 0 saturated heterocycles. The SMILES string of the molecule is Cc1c(C[S@](C)=O)cccc1NC(=O)CC1CCCC1. The molecule has 0 bridgehead atoms. The zero-order valence-corrected chi connectivity index (χ0v) is 13.1. The fourth-order valence-corrected chi connectivity index (χ4v) is 3.62. The van der Waals surface area contributed by atoms with E-state index in [1.807, 2.05) is 25.1 Å². The van der Waals surface area contributed by atoms with Crippen molar-refractivity contribution in [3.63, 3.8) is 0 Å². The van der Waals surface area contributed by atoms with E-state index in [-0.39, 0.29) is 5.91 Å². The van der Waals surface area contributed by atoms with E-state index in [4.69, 9.17) is 0 Å². The van der Waals surface area contributed by atoms with Crippen LogP contribution in [0.5, 0.6) is 0 Å². The van der Waals surface area contributed by atoms with Crippen molar-refractivity contribution in [3.8, 4) is 0 Å². The molecule has 20 heavy (non-hydrogen) atoms. The average Bonchev–Trinajstić information content (AvgIpc) is 2.86. The Morgan fingerprint density at radius 2 is 2.05 bits per heavy atom. The van der Waals surface area contributed by atoms with Gasteiger partial charge in [-0.3, -0.25) is 9.00 Å². The fraction of sp³-hybridized carbons (Fsp3) is 0.562. The largest absolute Gasteiger partial charge is 0.326 e. The molecule has 1 saturated carbocycles. The second-order valence-corrected chi connectivity index (χ2v) is 7.15. The second-order valence-electron chi connectivity index (χ2n) is 5.71. The summed E-state index contributed by atoms with van der Waals surface area (Å²) in [5, 5.41) is 3.01. The summed E-state index contributed by atoms with van der Waals surface area (Å²) in [6.45, 7) is 1.98. The Morgan fingerprint density at radius 1 is 1.35 bits per heavy atom. The first-order valence-corrected chi connectivity index (χ1v) is 8.97. The van der Waals surface area contributed by atoms with E-state index in [1.165, 1.54) is 25.7 Å². The zero-order valence-electron chi connectivity index (χ0n) is 12.3. The van der Waals surface area contributed by atoms with Crippen LogP contribution >= 0.6 is 0 Å². The van der Waals surface area contributed by atoms with E-state index in [0.717, 1.165) is 16.8 Å². The fourth-order valence-electron chi connectivity index (χ4n) is 2.87. The van der Waals surface area contributed by atoms with Gasteiger partial charge in [0, 0.05) is 34.9 Å². The van der Waals surface area contributed by atoms with Crippen LogP contribution in [-0.2, 0) is 21.3 Å². The van der Waals surface area contributed by atoms with Gasteiger partial charge in [-0.05, 0) is 42.9 Å². The number of carbonyl (C=O) groups excluding carboxylic acids is 1. The minimum atomic E-state index is -0.864. The van der Waals surface area contributed by atoms with Crippen molar-refractivity contribution >= 4 is 22.4 Å². The van der Waals surface area contributed by atoms with E-state index in [9.17, 15) is 9.00 Å². The average molecular weight is 293 g/mol. The monoisotopic (exact) mass is 293 g/mol. The van der Waals surface area contributed by atoms with Gasteiger partial charge < -0.3 is 5.32 Å². The first-order valence-electron chi connectivity index (χ1n) is 7.24. The number of benzene rings is 1. The van der Waals surface area contributed by atoms with Crippen molar-refractivity contribution in [2.24, 2.45) is 5.92 Å². The van der Waals surface area contributed by atoms with Gasteiger partial charge in [0.1, 0.15) is 0 Å². The van der Waals surface area contributed by atoms with Crippen molar-refractivity contribution < 1.29 is 9.00 Å². The van der Waals surface area contributed by atoms with E-state index in [2.05, 4.69) is 5.32 Å². The number of hydrogen-bond acceptors (Lipinski definition) is 2. The number of anilines is 1. The summed E-state index contributed by atoms with van der Waals surface area (Å²) in [6, 6.07) is 5.81. The van der Waals surface area contributed by atoms with Gasteiger partial charge in [-0.1, -0.05) is 25.0 Å². The molecule has 3 nitrogen and oxygen atoms in total. The van der Waals surface area contributed by atoms with Gasteiger partial charge in [0.2, 0.25) is 5.91 Å². The lowest BCUT2D eigenvalue weighted by Crippen LogP contribution is -2.16. The van der Waals surface area contributed by atoms with Gasteiger partial charge in [0.25, 0.3) is 0 Å². The highest BCUT2D eigenvalue weighted by molar-refractivity contribution is 7.83. The van der Waals surface area contributed by atoms with Crippen molar-refractivity contribution in [2.45, 2.75) is 44.8 Å². The summed E-state index contributed by atoms with van der Waals surface area (Å²) in [5.74, 6) is 1.20. The molecule has 0 heterocycles. The number of rotatable bonds is 5. The zero-order chi connectivity index (χ0) is 14.5. The first kappa shape index (κ1) is 15.2. The quantitative estimate of drug-likeness (QED) is 0.904. The molecule has 1 amide bonds. The maximum absolute atomic E-state index is 12.1. The van der Waals surface area contributed by atoms with Crippen molar-refractivity contribution in [1.82, 2.24) is 0 Å². The van der Waals surface area contributed by atoms with Crippen LogP contribution in [-0.4, -0.2) is 16.4 Å². The van der Waals surface area contributed by atoms with Crippen LogP contribution in [0.15, 0.2) is 18.2 Å². The molecule has 1 N–H and O–H groups in total. The topological polar surface area (TPSA) is 46.2 Å².